The van der Waals surface area contributed by atoms with Crippen molar-refractivity contribution in [3.8, 4) is 5.69 Å². The van der Waals surface area contributed by atoms with Crippen LogP contribution >= 0.6 is 11.8 Å². The molecule has 1 amide bonds. The Morgan fingerprint density at radius 3 is 2.47 bits per heavy atom. The lowest BCUT2D eigenvalue weighted by atomic mass is 10.1. The predicted octanol–water partition coefficient (Wildman–Crippen LogP) is 3.59. The Morgan fingerprint density at radius 2 is 1.73 bits per heavy atom. The second-order valence-electron chi connectivity index (χ2n) is 6.62. The minimum atomic E-state index is -0.262. The van der Waals surface area contributed by atoms with Crippen molar-refractivity contribution in [2.45, 2.75) is 24.4 Å². The number of aryl methyl sites for hydroxylation is 1. The average Bonchev–Trinajstić information content (AvgIpc) is 3.22. The van der Waals surface area contributed by atoms with Crippen LogP contribution in [0.1, 0.15) is 27.3 Å². The molecule has 4 aromatic rings. The van der Waals surface area contributed by atoms with Crippen molar-refractivity contribution in [2.24, 2.45) is 0 Å². The maximum Gasteiger partial charge on any atom is 0.274 e. The Hall–Kier alpha value is -3.52. The van der Waals surface area contributed by atoms with Gasteiger partial charge in [0.15, 0.2) is 10.9 Å². The van der Waals surface area contributed by atoms with Gasteiger partial charge in [0, 0.05) is 24.7 Å². The standard InChI is InChI=1S/C22H20N6OS/c1-16-8-10-17(11-9-16)14-25-21(29)20-19(15-30-22-23-12-5-13-24-22)28(27-26-20)18-6-3-2-4-7-18/h2-13H,14-15H2,1H3,(H,25,29). The second kappa shape index (κ2) is 9.32. The molecule has 0 aliphatic heterocycles. The average molecular weight is 417 g/mol. The van der Waals surface area contributed by atoms with Crippen LogP contribution in [0.3, 0.4) is 0 Å². The van der Waals surface area contributed by atoms with Gasteiger partial charge in [-0.25, -0.2) is 14.6 Å². The molecular weight excluding hydrogens is 396 g/mol. The first-order valence-electron chi connectivity index (χ1n) is 9.44. The number of aromatic nitrogens is 5. The van der Waals surface area contributed by atoms with Crippen LogP contribution in [-0.2, 0) is 12.3 Å². The number of thioether (sulfide) groups is 1. The van der Waals surface area contributed by atoms with Gasteiger partial charge in [0.25, 0.3) is 5.91 Å². The van der Waals surface area contributed by atoms with E-state index in [1.165, 1.54) is 17.3 Å². The van der Waals surface area contributed by atoms with Gasteiger partial charge in [0.2, 0.25) is 0 Å². The molecule has 0 aliphatic carbocycles. The topological polar surface area (TPSA) is 85.6 Å². The highest BCUT2D eigenvalue weighted by Crippen LogP contribution is 2.22. The predicted molar refractivity (Wildman–Crippen MR) is 115 cm³/mol. The molecule has 0 atom stereocenters. The van der Waals surface area contributed by atoms with E-state index in [-0.39, 0.29) is 5.91 Å². The third kappa shape index (κ3) is 4.72. The smallest absolute Gasteiger partial charge is 0.274 e. The van der Waals surface area contributed by atoms with Crippen LogP contribution in [0.4, 0.5) is 0 Å². The molecule has 0 spiro atoms. The number of amides is 1. The van der Waals surface area contributed by atoms with Crippen LogP contribution < -0.4 is 5.32 Å². The number of rotatable bonds is 7. The van der Waals surface area contributed by atoms with E-state index in [2.05, 4.69) is 25.6 Å². The van der Waals surface area contributed by atoms with Crippen LogP contribution in [0, 0.1) is 6.92 Å². The third-order valence-corrected chi connectivity index (χ3v) is 5.32. The van der Waals surface area contributed by atoms with Gasteiger partial charge in [-0.05, 0) is 30.7 Å². The highest BCUT2D eigenvalue weighted by Gasteiger charge is 2.21. The van der Waals surface area contributed by atoms with Crippen LogP contribution in [0.25, 0.3) is 5.69 Å². The fourth-order valence-corrected chi connectivity index (χ4v) is 3.64. The highest BCUT2D eigenvalue weighted by atomic mass is 32.2. The Labute approximate surface area is 178 Å². The summed E-state index contributed by atoms with van der Waals surface area (Å²) in [5.74, 6) is 0.196. The molecule has 150 valence electrons. The molecule has 0 unspecified atom stereocenters. The third-order valence-electron chi connectivity index (χ3n) is 4.43. The van der Waals surface area contributed by atoms with Gasteiger partial charge < -0.3 is 5.32 Å². The van der Waals surface area contributed by atoms with Crippen LogP contribution in [0.15, 0.2) is 78.2 Å². The lowest BCUT2D eigenvalue weighted by Gasteiger charge is -2.08. The number of nitrogens with one attached hydrogen (secondary N) is 1. The van der Waals surface area contributed by atoms with E-state index >= 15 is 0 Å². The van der Waals surface area contributed by atoms with Gasteiger partial charge in [0.05, 0.1) is 11.4 Å². The lowest BCUT2D eigenvalue weighted by Crippen LogP contribution is -2.24. The Bertz CT molecular complexity index is 1110. The molecule has 0 bridgehead atoms. The molecule has 2 heterocycles. The number of benzene rings is 2. The molecule has 2 aromatic heterocycles. The number of carbonyl (C=O) groups is 1. The van der Waals surface area contributed by atoms with Crippen molar-refractivity contribution in [3.05, 3.63) is 95.6 Å². The van der Waals surface area contributed by atoms with Crippen molar-refractivity contribution in [2.75, 3.05) is 0 Å². The number of hydrogen-bond acceptors (Lipinski definition) is 6. The summed E-state index contributed by atoms with van der Waals surface area (Å²) >= 11 is 1.43. The fourth-order valence-electron chi connectivity index (χ4n) is 2.85. The summed E-state index contributed by atoms with van der Waals surface area (Å²) in [7, 11) is 0. The van der Waals surface area contributed by atoms with E-state index < -0.39 is 0 Å². The van der Waals surface area contributed by atoms with Gasteiger partial charge in [-0.15, -0.1) is 5.10 Å². The summed E-state index contributed by atoms with van der Waals surface area (Å²) in [6, 6.07) is 19.4. The number of hydrogen-bond donors (Lipinski definition) is 1. The van der Waals surface area contributed by atoms with Crippen molar-refractivity contribution in [1.82, 2.24) is 30.3 Å². The normalized spacial score (nSPS) is 10.7. The van der Waals surface area contributed by atoms with Crippen LogP contribution in [0.5, 0.6) is 0 Å². The van der Waals surface area contributed by atoms with Gasteiger partial charge >= 0.3 is 0 Å². The van der Waals surface area contributed by atoms with Crippen molar-refractivity contribution in [1.29, 1.82) is 0 Å². The molecule has 0 radical (unpaired) electrons. The molecule has 2 aromatic carbocycles. The number of nitrogens with zero attached hydrogens (tertiary/aromatic N) is 5. The molecule has 4 rings (SSSR count). The van der Waals surface area contributed by atoms with Crippen molar-refractivity contribution < 1.29 is 4.79 Å². The summed E-state index contributed by atoms with van der Waals surface area (Å²) in [6.45, 7) is 2.45. The quantitative estimate of drug-likeness (QED) is 0.366. The van der Waals surface area contributed by atoms with E-state index in [4.69, 9.17) is 0 Å². The maximum atomic E-state index is 12.9. The zero-order valence-corrected chi connectivity index (χ0v) is 17.2. The molecule has 0 saturated carbocycles. The Kier molecular flexibility index (Phi) is 6.14. The molecule has 8 heteroatoms. The fraction of sp³-hybridized carbons (Fsp3) is 0.136. The van der Waals surface area contributed by atoms with Crippen molar-refractivity contribution in [3.63, 3.8) is 0 Å². The van der Waals surface area contributed by atoms with E-state index in [0.29, 0.717) is 28.8 Å². The molecule has 0 fully saturated rings. The second-order valence-corrected chi connectivity index (χ2v) is 7.56. The van der Waals surface area contributed by atoms with E-state index in [9.17, 15) is 4.79 Å². The van der Waals surface area contributed by atoms with E-state index in [1.54, 1.807) is 23.1 Å². The molecule has 1 N–H and O–H groups in total. The minimum Gasteiger partial charge on any atom is -0.347 e. The van der Waals surface area contributed by atoms with Crippen molar-refractivity contribution >= 4 is 17.7 Å². The lowest BCUT2D eigenvalue weighted by molar-refractivity contribution is 0.0945. The number of para-hydroxylation sites is 1. The molecule has 30 heavy (non-hydrogen) atoms. The van der Waals surface area contributed by atoms with E-state index in [0.717, 1.165) is 11.3 Å². The molecule has 0 saturated heterocycles. The molecule has 7 nitrogen and oxygen atoms in total. The summed E-state index contributed by atoms with van der Waals surface area (Å²) in [4.78, 5) is 21.4. The first kappa shape index (κ1) is 19.8. The van der Waals surface area contributed by atoms with Crippen LogP contribution in [0.2, 0.25) is 0 Å². The first-order chi connectivity index (χ1) is 14.7. The Balaban J connectivity index is 1.57. The largest absolute Gasteiger partial charge is 0.347 e. The SMILES string of the molecule is Cc1ccc(CNC(=O)c2nnn(-c3ccccc3)c2CSc2ncccn2)cc1. The van der Waals surface area contributed by atoms with Gasteiger partial charge in [-0.2, -0.15) is 0 Å². The Morgan fingerprint density at radius 1 is 1.00 bits per heavy atom. The van der Waals surface area contributed by atoms with Crippen LogP contribution in [-0.4, -0.2) is 30.9 Å². The number of carbonyl (C=O) groups excluding carboxylic acids is 1. The van der Waals surface area contributed by atoms with E-state index in [1.807, 2.05) is 61.5 Å². The monoisotopic (exact) mass is 416 g/mol. The zero-order chi connectivity index (χ0) is 20.8. The van der Waals surface area contributed by atoms with Gasteiger partial charge in [-0.3, -0.25) is 4.79 Å². The molecule has 0 aliphatic rings. The first-order valence-corrected chi connectivity index (χ1v) is 10.4. The summed E-state index contributed by atoms with van der Waals surface area (Å²) < 4.78 is 1.69. The molecular formula is C22H20N6OS. The minimum absolute atomic E-state index is 0.262. The summed E-state index contributed by atoms with van der Waals surface area (Å²) in [6.07, 6.45) is 3.38. The highest BCUT2D eigenvalue weighted by molar-refractivity contribution is 7.98. The zero-order valence-electron chi connectivity index (χ0n) is 16.4. The maximum absolute atomic E-state index is 12.9. The van der Waals surface area contributed by atoms with Gasteiger partial charge in [-0.1, -0.05) is 65.0 Å². The summed E-state index contributed by atoms with van der Waals surface area (Å²) in [5.41, 5.74) is 4.04. The summed E-state index contributed by atoms with van der Waals surface area (Å²) in [5, 5.41) is 12.0. The van der Waals surface area contributed by atoms with Gasteiger partial charge in [0.1, 0.15) is 0 Å².